The van der Waals surface area contributed by atoms with Gasteiger partial charge in [0.1, 0.15) is 5.82 Å². The number of esters is 1. The molecule has 1 aromatic heterocycles. The average molecular weight is 279 g/mol. The van der Waals surface area contributed by atoms with Crippen molar-refractivity contribution in [3.8, 4) is 0 Å². The van der Waals surface area contributed by atoms with Gasteiger partial charge in [-0.25, -0.2) is 4.68 Å². The Morgan fingerprint density at radius 1 is 1.60 bits per heavy atom. The molecule has 112 valence electrons. The molecule has 2 atom stereocenters. The van der Waals surface area contributed by atoms with Crippen LogP contribution < -0.4 is 5.32 Å². The molecule has 2 rings (SSSR count). The summed E-state index contributed by atoms with van der Waals surface area (Å²) in [6.45, 7) is 9.34. The van der Waals surface area contributed by atoms with Crippen LogP contribution in [-0.2, 0) is 16.0 Å². The first kappa shape index (κ1) is 14.9. The maximum absolute atomic E-state index is 11.9. The van der Waals surface area contributed by atoms with Gasteiger partial charge in [-0.3, -0.25) is 4.79 Å². The summed E-state index contributed by atoms with van der Waals surface area (Å²) in [5, 5.41) is 7.93. The number of carbonyl (C=O) groups is 1. The Morgan fingerprint density at radius 3 is 3.00 bits per heavy atom. The van der Waals surface area contributed by atoms with Crippen LogP contribution in [0.3, 0.4) is 0 Å². The number of aromatic nitrogens is 2. The van der Waals surface area contributed by atoms with Gasteiger partial charge in [-0.15, -0.1) is 0 Å². The first-order valence-corrected chi connectivity index (χ1v) is 7.51. The highest BCUT2D eigenvalue weighted by Gasteiger charge is 2.33. The first-order chi connectivity index (χ1) is 9.52. The van der Waals surface area contributed by atoms with Crippen molar-refractivity contribution in [2.45, 2.75) is 46.6 Å². The van der Waals surface area contributed by atoms with Crippen molar-refractivity contribution in [2.24, 2.45) is 11.8 Å². The van der Waals surface area contributed by atoms with Gasteiger partial charge in [0.15, 0.2) is 0 Å². The van der Waals surface area contributed by atoms with Crippen LogP contribution in [0.4, 0.5) is 5.82 Å². The van der Waals surface area contributed by atoms with Crippen LogP contribution in [0.2, 0.25) is 0 Å². The predicted molar refractivity (Wildman–Crippen MR) is 78.7 cm³/mol. The molecule has 0 radical (unpaired) electrons. The number of nitrogens with zero attached hydrogens (tertiary/aromatic N) is 2. The molecule has 0 amide bonds. The van der Waals surface area contributed by atoms with Gasteiger partial charge in [0.2, 0.25) is 0 Å². The Hall–Kier alpha value is -1.52. The highest BCUT2D eigenvalue weighted by Crippen LogP contribution is 2.29. The molecule has 1 aliphatic heterocycles. The quantitative estimate of drug-likeness (QED) is 0.842. The lowest BCUT2D eigenvalue weighted by atomic mass is 10.00. The van der Waals surface area contributed by atoms with E-state index in [1.807, 2.05) is 18.5 Å². The van der Waals surface area contributed by atoms with E-state index in [4.69, 9.17) is 4.74 Å². The molecule has 20 heavy (non-hydrogen) atoms. The molecule has 2 heterocycles. The van der Waals surface area contributed by atoms with Crippen molar-refractivity contribution in [1.82, 2.24) is 9.78 Å². The number of aryl methyl sites for hydroxylation is 1. The van der Waals surface area contributed by atoms with E-state index in [1.54, 1.807) is 0 Å². The summed E-state index contributed by atoms with van der Waals surface area (Å²) in [5.41, 5.74) is 1.09. The Morgan fingerprint density at radius 2 is 2.35 bits per heavy atom. The van der Waals surface area contributed by atoms with Crippen LogP contribution in [-0.4, -0.2) is 28.9 Å². The number of hydrogen-bond donors (Lipinski definition) is 1. The normalized spacial score (nSPS) is 21.4. The third-order valence-electron chi connectivity index (χ3n) is 3.82. The molecule has 0 saturated heterocycles. The second-order valence-corrected chi connectivity index (χ2v) is 5.88. The highest BCUT2D eigenvalue weighted by molar-refractivity contribution is 5.74. The molecule has 2 unspecified atom stereocenters. The fourth-order valence-electron chi connectivity index (χ4n) is 2.53. The van der Waals surface area contributed by atoms with Crippen LogP contribution in [0.25, 0.3) is 0 Å². The van der Waals surface area contributed by atoms with Crippen molar-refractivity contribution >= 4 is 11.8 Å². The van der Waals surface area contributed by atoms with E-state index in [0.29, 0.717) is 19.1 Å². The summed E-state index contributed by atoms with van der Waals surface area (Å²) in [7, 11) is 0. The maximum atomic E-state index is 11.9. The summed E-state index contributed by atoms with van der Waals surface area (Å²) >= 11 is 0. The topological polar surface area (TPSA) is 56.1 Å². The van der Waals surface area contributed by atoms with Gasteiger partial charge in [-0.2, -0.15) is 5.10 Å². The van der Waals surface area contributed by atoms with Crippen LogP contribution in [0.15, 0.2) is 6.07 Å². The SMILES string of the molecule is CCOC(=O)C1CNc2cc(CCC(C)C)nn2C1C. The van der Waals surface area contributed by atoms with Crippen LogP contribution in [0.5, 0.6) is 0 Å². The maximum Gasteiger partial charge on any atom is 0.312 e. The highest BCUT2D eigenvalue weighted by atomic mass is 16.5. The smallest absolute Gasteiger partial charge is 0.312 e. The lowest BCUT2D eigenvalue weighted by molar-refractivity contribution is -0.149. The third kappa shape index (κ3) is 3.14. The molecular formula is C15H25N3O2. The van der Waals surface area contributed by atoms with E-state index in [2.05, 4.69) is 30.3 Å². The van der Waals surface area contributed by atoms with Gasteiger partial charge in [0.25, 0.3) is 0 Å². The Labute approximate surface area is 120 Å². The molecule has 0 aliphatic carbocycles. The molecule has 5 nitrogen and oxygen atoms in total. The van der Waals surface area contributed by atoms with E-state index in [9.17, 15) is 4.79 Å². The Bertz CT molecular complexity index is 468. The minimum absolute atomic E-state index is 0.0399. The molecular weight excluding hydrogens is 254 g/mol. The predicted octanol–water partition coefficient (Wildman–Crippen LogP) is 2.64. The number of hydrogen-bond acceptors (Lipinski definition) is 4. The monoisotopic (exact) mass is 279 g/mol. The van der Waals surface area contributed by atoms with E-state index in [1.165, 1.54) is 0 Å². The summed E-state index contributed by atoms with van der Waals surface area (Å²) in [4.78, 5) is 11.9. The third-order valence-corrected chi connectivity index (χ3v) is 3.82. The Balaban J connectivity index is 2.09. The van der Waals surface area contributed by atoms with Gasteiger partial charge < -0.3 is 10.1 Å². The van der Waals surface area contributed by atoms with Gasteiger partial charge in [-0.05, 0) is 32.6 Å². The fraction of sp³-hybridized carbons (Fsp3) is 0.733. The zero-order valence-corrected chi connectivity index (χ0v) is 12.8. The minimum Gasteiger partial charge on any atom is -0.466 e. The standard InChI is InChI=1S/C15H25N3O2/c1-5-20-15(19)13-9-16-14-8-12(7-6-10(2)3)17-18(14)11(13)4/h8,10-11,13,16H,5-7,9H2,1-4H3. The van der Waals surface area contributed by atoms with E-state index in [0.717, 1.165) is 24.4 Å². The molecule has 1 N–H and O–H groups in total. The molecule has 1 aliphatic rings. The van der Waals surface area contributed by atoms with Crippen molar-refractivity contribution in [1.29, 1.82) is 0 Å². The number of ether oxygens (including phenoxy) is 1. The van der Waals surface area contributed by atoms with Crippen LogP contribution in [0.1, 0.15) is 45.9 Å². The first-order valence-electron chi connectivity index (χ1n) is 7.51. The molecule has 0 aromatic carbocycles. The lowest BCUT2D eigenvalue weighted by Gasteiger charge is -2.29. The molecule has 0 fully saturated rings. The van der Waals surface area contributed by atoms with E-state index < -0.39 is 0 Å². The largest absolute Gasteiger partial charge is 0.466 e. The van der Waals surface area contributed by atoms with E-state index >= 15 is 0 Å². The average Bonchev–Trinajstić information content (AvgIpc) is 2.81. The fourth-order valence-corrected chi connectivity index (χ4v) is 2.53. The molecule has 0 saturated carbocycles. The summed E-state index contributed by atoms with van der Waals surface area (Å²) in [6, 6.07) is 2.14. The van der Waals surface area contributed by atoms with Crippen LogP contribution in [0, 0.1) is 11.8 Å². The Kier molecular flexibility index (Phi) is 4.68. The lowest BCUT2D eigenvalue weighted by Crippen LogP contribution is -2.37. The summed E-state index contributed by atoms with van der Waals surface area (Å²) < 4.78 is 7.06. The van der Waals surface area contributed by atoms with Gasteiger partial charge in [0.05, 0.1) is 24.3 Å². The minimum atomic E-state index is -0.166. The van der Waals surface area contributed by atoms with Gasteiger partial charge in [0, 0.05) is 12.6 Å². The second-order valence-electron chi connectivity index (χ2n) is 5.88. The zero-order chi connectivity index (χ0) is 14.7. The van der Waals surface area contributed by atoms with Crippen molar-refractivity contribution in [2.75, 3.05) is 18.5 Å². The second kappa shape index (κ2) is 6.29. The number of anilines is 1. The summed E-state index contributed by atoms with van der Waals surface area (Å²) in [5.74, 6) is 1.38. The number of carbonyl (C=O) groups excluding carboxylic acids is 1. The zero-order valence-electron chi connectivity index (χ0n) is 12.8. The number of fused-ring (bicyclic) bond motifs is 1. The van der Waals surface area contributed by atoms with Crippen molar-refractivity contribution < 1.29 is 9.53 Å². The summed E-state index contributed by atoms with van der Waals surface area (Å²) in [6.07, 6.45) is 2.11. The molecule has 5 heteroatoms. The molecule has 0 spiro atoms. The van der Waals surface area contributed by atoms with Crippen LogP contribution >= 0.6 is 0 Å². The number of rotatable bonds is 5. The van der Waals surface area contributed by atoms with Crippen molar-refractivity contribution in [3.63, 3.8) is 0 Å². The van der Waals surface area contributed by atoms with E-state index in [-0.39, 0.29) is 17.9 Å². The molecule has 1 aromatic rings. The molecule has 0 bridgehead atoms. The number of nitrogens with one attached hydrogen (secondary N) is 1. The van der Waals surface area contributed by atoms with Crippen molar-refractivity contribution in [3.05, 3.63) is 11.8 Å². The van der Waals surface area contributed by atoms with Gasteiger partial charge >= 0.3 is 5.97 Å². The van der Waals surface area contributed by atoms with Gasteiger partial charge in [-0.1, -0.05) is 13.8 Å².